The van der Waals surface area contributed by atoms with Crippen molar-refractivity contribution in [2.45, 2.75) is 6.10 Å². The van der Waals surface area contributed by atoms with Gasteiger partial charge < -0.3 is 10.1 Å². The highest BCUT2D eigenvalue weighted by Gasteiger charge is 2.21. The van der Waals surface area contributed by atoms with Gasteiger partial charge in [0.15, 0.2) is 0 Å². The summed E-state index contributed by atoms with van der Waals surface area (Å²) in [5.41, 5.74) is 0.844. The first-order valence-corrected chi connectivity index (χ1v) is 5.29. The van der Waals surface area contributed by atoms with Crippen molar-refractivity contribution in [3.63, 3.8) is 0 Å². The third-order valence-electron chi connectivity index (χ3n) is 2.21. The van der Waals surface area contributed by atoms with E-state index in [1.165, 1.54) is 12.1 Å². The Morgan fingerprint density at radius 1 is 1.53 bits per heavy atom. The van der Waals surface area contributed by atoms with E-state index in [-0.39, 0.29) is 24.4 Å². The molecule has 1 heterocycles. The molecular weight excluding hydrogens is 265 g/mol. The van der Waals surface area contributed by atoms with Gasteiger partial charge in [0.05, 0.1) is 0 Å². The van der Waals surface area contributed by atoms with Crippen LogP contribution in [0.1, 0.15) is 11.7 Å². The summed E-state index contributed by atoms with van der Waals surface area (Å²) in [6, 6.07) is 4.41. The second-order valence-corrected chi connectivity index (χ2v) is 4.12. The van der Waals surface area contributed by atoms with Crippen LogP contribution in [0.2, 0.25) is 0 Å². The fourth-order valence-electron chi connectivity index (χ4n) is 1.46. The molecule has 1 atom stereocenters. The van der Waals surface area contributed by atoms with Crippen molar-refractivity contribution in [1.82, 2.24) is 5.32 Å². The number of carbonyl (C=O) groups is 1. The maximum Gasteiger partial charge on any atom is 0.246 e. The minimum absolute atomic E-state index is 0.0501. The number of rotatable bonds is 1. The number of hydrogen-bond donors (Lipinski definition) is 1. The molecule has 1 aromatic rings. The first-order chi connectivity index (χ1) is 7.16. The Morgan fingerprint density at radius 3 is 2.93 bits per heavy atom. The monoisotopic (exact) mass is 273 g/mol. The number of amides is 1. The molecule has 2 rings (SSSR count). The number of nitrogens with one attached hydrogen (secondary N) is 1. The van der Waals surface area contributed by atoms with Crippen molar-refractivity contribution in [3.05, 3.63) is 34.1 Å². The number of ether oxygens (including phenoxy) is 1. The summed E-state index contributed by atoms with van der Waals surface area (Å²) >= 11 is 3.27. The molecule has 1 saturated heterocycles. The topological polar surface area (TPSA) is 38.3 Å². The molecule has 1 N–H and O–H groups in total. The Balaban J connectivity index is 2.19. The molecule has 0 radical (unpaired) electrons. The predicted octanol–water partition coefficient (Wildman–Crippen LogP) is 1.78. The van der Waals surface area contributed by atoms with Crippen molar-refractivity contribution in [1.29, 1.82) is 0 Å². The molecule has 5 heteroatoms. The van der Waals surface area contributed by atoms with Crippen LogP contribution in [0.15, 0.2) is 22.7 Å². The van der Waals surface area contributed by atoms with Crippen molar-refractivity contribution >= 4 is 21.8 Å². The standard InChI is InChI=1S/C10H9BrFNO2/c11-8-3-6(12)1-2-7(8)9-4-13-10(14)5-15-9/h1-3,9H,4-5H2,(H,13,14). The molecule has 0 aromatic heterocycles. The van der Waals surface area contributed by atoms with Gasteiger partial charge in [-0.3, -0.25) is 4.79 Å². The van der Waals surface area contributed by atoms with Gasteiger partial charge in [-0.2, -0.15) is 0 Å². The van der Waals surface area contributed by atoms with Crippen LogP contribution in [0.3, 0.4) is 0 Å². The fraction of sp³-hybridized carbons (Fsp3) is 0.300. The van der Waals surface area contributed by atoms with Gasteiger partial charge in [0, 0.05) is 11.0 Å². The van der Waals surface area contributed by atoms with Gasteiger partial charge in [-0.25, -0.2) is 4.39 Å². The largest absolute Gasteiger partial charge is 0.362 e. The van der Waals surface area contributed by atoms with Crippen LogP contribution in [-0.4, -0.2) is 19.1 Å². The molecule has 1 aromatic carbocycles. The second kappa shape index (κ2) is 4.28. The Morgan fingerprint density at radius 2 is 2.33 bits per heavy atom. The third kappa shape index (κ3) is 2.35. The van der Waals surface area contributed by atoms with Crippen LogP contribution in [0.5, 0.6) is 0 Å². The molecule has 1 amide bonds. The third-order valence-corrected chi connectivity index (χ3v) is 2.90. The summed E-state index contributed by atoms with van der Waals surface area (Å²) in [6.45, 7) is 0.470. The summed E-state index contributed by atoms with van der Waals surface area (Å²) in [4.78, 5) is 10.9. The minimum atomic E-state index is -0.300. The molecule has 15 heavy (non-hydrogen) atoms. The summed E-state index contributed by atoms with van der Waals surface area (Å²) in [5.74, 6) is -0.421. The number of halogens is 2. The van der Waals surface area contributed by atoms with Crippen LogP contribution in [0.25, 0.3) is 0 Å². The number of benzene rings is 1. The SMILES string of the molecule is O=C1COC(c2ccc(F)cc2Br)CN1. The van der Waals surface area contributed by atoms with E-state index in [2.05, 4.69) is 21.2 Å². The number of hydrogen-bond acceptors (Lipinski definition) is 2. The highest BCUT2D eigenvalue weighted by Crippen LogP contribution is 2.27. The molecular formula is C10H9BrFNO2. The smallest absolute Gasteiger partial charge is 0.246 e. The zero-order valence-electron chi connectivity index (χ0n) is 7.80. The van der Waals surface area contributed by atoms with Crippen LogP contribution in [-0.2, 0) is 9.53 Å². The molecule has 0 aliphatic carbocycles. The average molecular weight is 274 g/mol. The van der Waals surface area contributed by atoms with Crippen molar-refractivity contribution in [2.75, 3.05) is 13.2 Å². The fourth-order valence-corrected chi connectivity index (χ4v) is 2.06. The van der Waals surface area contributed by atoms with E-state index in [1.54, 1.807) is 6.07 Å². The summed E-state index contributed by atoms with van der Waals surface area (Å²) in [6.07, 6.45) is -0.210. The summed E-state index contributed by atoms with van der Waals surface area (Å²) in [5, 5.41) is 2.69. The molecule has 1 unspecified atom stereocenters. The Labute approximate surface area is 94.7 Å². The van der Waals surface area contributed by atoms with Gasteiger partial charge in [-0.15, -0.1) is 0 Å². The van der Waals surface area contributed by atoms with Crippen molar-refractivity contribution in [2.24, 2.45) is 0 Å². The van der Waals surface area contributed by atoms with E-state index in [0.29, 0.717) is 11.0 Å². The van der Waals surface area contributed by atoms with Crippen LogP contribution >= 0.6 is 15.9 Å². The Kier molecular flexibility index (Phi) is 3.02. The summed E-state index contributed by atoms with van der Waals surface area (Å²) < 4.78 is 18.8. The van der Waals surface area contributed by atoms with E-state index in [9.17, 15) is 9.18 Å². The van der Waals surface area contributed by atoms with Crippen molar-refractivity contribution < 1.29 is 13.9 Å². The highest BCUT2D eigenvalue weighted by atomic mass is 79.9. The first-order valence-electron chi connectivity index (χ1n) is 4.50. The number of carbonyl (C=O) groups excluding carboxylic acids is 1. The first kappa shape index (κ1) is 10.6. The molecule has 0 saturated carbocycles. The van der Waals surface area contributed by atoms with E-state index in [4.69, 9.17) is 4.74 Å². The van der Waals surface area contributed by atoms with Crippen LogP contribution < -0.4 is 5.32 Å². The quantitative estimate of drug-likeness (QED) is 0.847. The van der Waals surface area contributed by atoms with Gasteiger partial charge >= 0.3 is 0 Å². The Bertz CT molecular complexity index is 387. The lowest BCUT2D eigenvalue weighted by Gasteiger charge is -2.24. The van der Waals surface area contributed by atoms with Gasteiger partial charge in [-0.05, 0) is 17.7 Å². The molecule has 1 fully saturated rings. The van der Waals surface area contributed by atoms with Gasteiger partial charge in [-0.1, -0.05) is 22.0 Å². The normalized spacial score (nSPS) is 21.2. The molecule has 3 nitrogen and oxygen atoms in total. The molecule has 0 bridgehead atoms. The second-order valence-electron chi connectivity index (χ2n) is 3.27. The zero-order chi connectivity index (χ0) is 10.8. The molecule has 1 aliphatic heterocycles. The van der Waals surface area contributed by atoms with Gasteiger partial charge in [0.1, 0.15) is 18.5 Å². The highest BCUT2D eigenvalue weighted by molar-refractivity contribution is 9.10. The minimum Gasteiger partial charge on any atom is -0.362 e. The van der Waals surface area contributed by atoms with E-state index in [1.807, 2.05) is 0 Å². The predicted molar refractivity (Wildman–Crippen MR) is 55.8 cm³/mol. The van der Waals surface area contributed by atoms with Crippen LogP contribution in [0.4, 0.5) is 4.39 Å². The lowest BCUT2D eigenvalue weighted by Crippen LogP contribution is -2.38. The lowest BCUT2D eigenvalue weighted by molar-refractivity contribution is -0.133. The maximum atomic E-state index is 12.8. The maximum absolute atomic E-state index is 12.8. The molecule has 80 valence electrons. The summed E-state index contributed by atoms with van der Waals surface area (Å²) in [7, 11) is 0. The van der Waals surface area contributed by atoms with Crippen molar-refractivity contribution in [3.8, 4) is 0 Å². The molecule has 1 aliphatic rings. The van der Waals surface area contributed by atoms with Gasteiger partial charge in [0.25, 0.3) is 0 Å². The average Bonchev–Trinajstić information content (AvgIpc) is 2.20. The lowest BCUT2D eigenvalue weighted by atomic mass is 10.1. The van der Waals surface area contributed by atoms with Crippen LogP contribution in [0, 0.1) is 5.82 Å². The van der Waals surface area contributed by atoms with Gasteiger partial charge in [0.2, 0.25) is 5.91 Å². The van der Waals surface area contributed by atoms with E-state index in [0.717, 1.165) is 5.56 Å². The zero-order valence-corrected chi connectivity index (χ0v) is 9.38. The van der Waals surface area contributed by atoms with E-state index >= 15 is 0 Å². The molecule has 0 spiro atoms. The van der Waals surface area contributed by atoms with E-state index < -0.39 is 0 Å². The number of morpholine rings is 1. The Hall–Kier alpha value is -0.940.